The van der Waals surface area contributed by atoms with Crippen LogP contribution in [0.3, 0.4) is 0 Å². The molecule has 4 aromatic rings. The Kier molecular flexibility index (Phi) is 6.54. The lowest BCUT2D eigenvalue weighted by Crippen LogP contribution is -2.21. The second-order valence-corrected chi connectivity index (χ2v) is 7.54. The van der Waals surface area contributed by atoms with Crippen molar-refractivity contribution in [2.45, 2.75) is 6.92 Å². The van der Waals surface area contributed by atoms with Crippen molar-refractivity contribution < 1.29 is 19.2 Å². The summed E-state index contributed by atoms with van der Waals surface area (Å²) in [6.07, 6.45) is 1.70. The van der Waals surface area contributed by atoms with E-state index in [0.29, 0.717) is 11.4 Å². The maximum atomic E-state index is 12.9. The first-order valence-corrected chi connectivity index (χ1v) is 10.5. The predicted octanol–water partition coefficient (Wildman–Crippen LogP) is 5.42. The van der Waals surface area contributed by atoms with Crippen LogP contribution in [0.25, 0.3) is 22.0 Å². The molecule has 0 spiro atoms. The van der Waals surface area contributed by atoms with Gasteiger partial charge in [0.1, 0.15) is 5.75 Å². The molecule has 0 atom stereocenters. The Balaban J connectivity index is 1.69. The van der Waals surface area contributed by atoms with Crippen LogP contribution in [0.15, 0.2) is 72.9 Å². The predicted molar refractivity (Wildman–Crippen MR) is 134 cm³/mol. The number of anilines is 3. The van der Waals surface area contributed by atoms with E-state index in [1.165, 1.54) is 32.2 Å². The molecule has 3 N–H and O–H groups in total. The van der Waals surface area contributed by atoms with E-state index in [9.17, 15) is 19.7 Å². The van der Waals surface area contributed by atoms with Gasteiger partial charge in [0, 0.05) is 36.2 Å². The largest absolute Gasteiger partial charge is 0.495 e. The van der Waals surface area contributed by atoms with E-state index in [0.717, 1.165) is 22.0 Å². The smallest absolute Gasteiger partial charge is 0.323 e. The van der Waals surface area contributed by atoms with Crippen LogP contribution in [-0.2, 0) is 4.79 Å². The summed E-state index contributed by atoms with van der Waals surface area (Å²) < 4.78 is 5.20. The molecule has 0 aliphatic carbocycles. The number of ether oxygens (including phenoxy) is 1. The normalized spacial score (nSPS) is 10.5. The van der Waals surface area contributed by atoms with E-state index >= 15 is 0 Å². The average molecular weight is 471 g/mol. The first-order valence-electron chi connectivity index (χ1n) is 10.5. The van der Waals surface area contributed by atoms with Gasteiger partial charge in [-0.3, -0.25) is 19.9 Å². The summed E-state index contributed by atoms with van der Waals surface area (Å²) in [6, 6.07) is 18.0. The number of fused-ring (bicyclic) bond motifs is 1. The lowest BCUT2D eigenvalue weighted by atomic mass is 10.0. The monoisotopic (exact) mass is 471 g/mol. The van der Waals surface area contributed by atoms with Gasteiger partial charge < -0.3 is 20.7 Å². The van der Waals surface area contributed by atoms with Crippen LogP contribution in [0.2, 0.25) is 0 Å². The zero-order chi connectivity index (χ0) is 24.9. The van der Waals surface area contributed by atoms with E-state index in [-0.39, 0.29) is 23.0 Å². The van der Waals surface area contributed by atoms with Crippen LogP contribution in [-0.4, -0.2) is 29.0 Å². The molecule has 3 aromatic carbocycles. The van der Waals surface area contributed by atoms with Gasteiger partial charge in [-0.1, -0.05) is 30.3 Å². The number of urea groups is 1. The van der Waals surface area contributed by atoms with Crippen LogP contribution >= 0.6 is 0 Å². The Labute approximate surface area is 200 Å². The Morgan fingerprint density at radius 3 is 2.43 bits per heavy atom. The van der Waals surface area contributed by atoms with Crippen molar-refractivity contribution in [2.75, 3.05) is 23.1 Å². The van der Waals surface area contributed by atoms with Crippen molar-refractivity contribution in [1.82, 2.24) is 4.98 Å². The number of hydrogen-bond acceptors (Lipinski definition) is 6. The quantitative estimate of drug-likeness (QED) is 0.254. The molecule has 0 unspecified atom stereocenters. The Bertz CT molecular complexity index is 1450. The number of nitrogens with zero attached hydrogens (tertiary/aromatic N) is 2. The van der Waals surface area contributed by atoms with Gasteiger partial charge in [-0.15, -0.1) is 0 Å². The van der Waals surface area contributed by atoms with Crippen LogP contribution < -0.4 is 20.7 Å². The summed E-state index contributed by atoms with van der Waals surface area (Å²) in [4.78, 5) is 39.6. The number of pyridine rings is 1. The van der Waals surface area contributed by atoms with Gasteiger partial charge in [0.05, 0.1) is 34.6 Å². The number of nitro groups is 1. The molecular weight excluding hydrogens is 450 g/mol. The van der Waals surface area contributed by atoms with E-state index in [1.807, 2.05) is 36.4 Å². The molecule has 1 heterocycles. The number of carbonyl (C=O) groups is 2. The summed E-state index contributed by atoms with van der Waals surface area (Å²) >= 11 is 0. The number of carbonyl (C=O) groups excluding carboxylic acids is 2. The van der Waals surface area contributed by atoms with Crippen LogP contribution in [0.4, 0.5) is 27.5 Å². The molecule has 0 saturated carbocycles. The number of para-hydroxylation sites is 1. The molecular formula is C25H21N5O5. The van der Waals surface area contributed by atoms with E-state index in [1.54, 1.807) is 18.3 Å². The van der Waals surface area contributed by atoms with E-state index < -0.39 is 11.0 Å². The van der Waals surface area contributed by atoms with Crippen LogP contribution in [0.5, 0.6) is 5.75 Å². The molecule has 0 aliphatic rings. The summed E-state index contributed by atoms with van der Waals surface area (Å²) in [5.74, 6) is -0.0585. The number of rotatable bonds is 6. The maximum absolute atomic E-state index is 12.9. The highest BCUT2D eigenvalue weighted by atomic mass is 16.6. The highest BCUT2D eigenvalue weighted by Gasteiger charge is 2.16. The number of nitrogens with one attached hydrogen (secondary N) is 3. The third-order valence-corrected chi connectivity index (χ3v) is 5.16. The number of non-ortho nitro benzene ring substituents is 1. The summed E-state index contributed by atoms with van der Waals surface area (Å²) in [5.41, 5.74) is 3.04. The zero-order valence-electron chi connectivity index (χ0n) is 18.9. The van der Waals surface area contributed by atoms with Crippen LogP contribution in [0.1, 0.15) is 6.92 Å². The van der Waals surface area contributed by atoms with Crippen molar-refractivity contribution in [1.29, 1.82) is 0 Å². The molecule has 0 bridgehead atoms. The standard InChI is InChI=1S/C25H21N5O5/c1-15(31)27-20-10-8-17(19-7-3-5-16-6-4-12-26-24(16)19)13-21(20)28-25(32)29-22-14-18(30(33)34)9-11-23(22)35-2/h3-14H,1-2H3,(H,27,31)(H2,28,29,32). The minimum Gasteiger partial charge on any atom is -0.495 e. The zero-order valence-corrected chi connectivity index (χ0v) is 18.9. The summed E-state index contributed by atoms with van der Waals surface area (Å²) in [6.45, 7) is 1.36. The van der Waals surface area contributed by atoms with E-state index in [4.69, 9.17) is 4.74 Å². The number of methoxy groups -OCH3 is 1. The minimum atomic E-state index is -0.677. The van der Waals surface area contributed by atoms with Crippen LogP contribution in [0, 0.1) is 10.1 Å². The molecule has 0 fully saturated rings. The molecule has 3 amide bonds. The molecule has 0 radical (unpaired) electrons. The molecule has 35 heavy (non-hydrogen) atoms. The van der Waals surface area contributed by atoms with Gasteiger partial charge in [-0.2, -0.15) is 0 Å². The molecule has 0 aliphatic heterocycles. The summed E-state index contributed by atoms with van der Waals surface area (Å²) in [5, 5.41) is 20.1. The highest BCUT2D eigenvalue weighted by Crippen LogP contribution is 2.33. The van der Waals surface area contributed by atoms with Gasteiger partial charge in [0.2, 0.25) is 5.91 Å². The van der Waals surface area contributed by atoms with Gasteiger partial charge in [-0.25, -0.2) is 4.79 Å². The second-order valence-electron chi connectivity index (χ2n) is 7.54. The lowest BCUT2D eigenvalue weighted by Gasteiger charge is -2.15. The highest BCUT2D eigenvalue weighted by molar-refractivity contribution is 6.05. The van der Waals surface area contributed by atoms with Gasteiger partial charge in [0.25, 0.3) is 5.69 Å². The number of aromatic nitrogens is 1. The van der Waals surface area contributed by atoms with Gasteiger partial charge in [0.15, 0.2) is 0 Å². The Hall–Kier alpha value is -4.99. The van der Waals surface area contributed by atoms with Crippen molar-refractivity contribution in [2.24, 2.45) is 0 Å². The first-order chi connectivity index (χ1) is 16.9. The second kappa shape index (κ2) is 9.87. The molecule has 0 saturated heterocycles. The fraction of sp³-hybridized carbons (Fsp3) is 0.0800. The number of amides is 3. The molecule has 176 valence electrons. The lowest BCUT2D eigenvalue weighted by molar-refractivity contribution is -0.384. The fourth-order valence-corrected chi connectivity index (χ4v) is 3.63. The SMILES string of the molecule is COc1ccc([N+](=O)[O-])cc1NC(=O)Nc1cc(-c2cccc3cccnc23)ccc1NC(C)=O. The maximum Gasteiger partial charge on any atom is 0.323 e. The molecule has 10 heteroatoms. The van der Waals surface area contributed by atoms with Crippen molar-refractivity contribution in [3.05, 3.63) is 83.0 Å². The Morgan fingerprint density at radius 1 is 0.914 bits per heavy atom. The van der Waals surface area contributed by atoms with Gasteiger partial charge in [-0.05, 0) is 29.8 Å². The number of hydrogen-bond donors (Lipinski definition) is 3. The van der Waals surface area contributed by atoms with Crippen molar-refractivity contribution >= 4 is 45.6 Å². The molecule has 4 rings (SSSR count). The third-order valence-electron chi connectivity index (χ3n) is 5.16. The minimum absolute atomic E-state index is 0.120. The number of nitro benzene ring substituents is 1. The fourth-order valence-electron chi connectivity index (χ4n) is 3.63. The van der Waals surface area contributed by atoms with Crippen molar-refractivity contribution in [3.63, 3.8) is 0 Å². The Morgan fingerprint density at radius 2 is 1.69 bits per heavy atom. The van der Waals surface area contributed by atoms with E-state index in [2.05, 4.69) is 20.9 Å². The molecule has 1 aromatic heterocycles. The van der Waals surface area contributed by atoms with Crippen molar-refractivity contribution in [3.8, 4) is 16.9 Å². The topological polar surface area (TPSA) is 135 Å². The summed E-state index contributed by atoms with van der Waals surface area (Å²) in [7, 11) is 1.39. The number of benzene rings is 3. The molecule has 10 nitrogen and oxygen atoms in total. The first kappa shape index (κ1) is 23.2. The average Bonchev–Trinajstić information content (AvgIpc) is 2.84. The van der Waals surface area contributed by atoms with Gasteiger partial charge >= 0.3 is 6.03 Å². The third kappa shape index (κ3) is 5.17.